The third kappa shape index (κ3) is 2.82. The molecule has 2 heterocycles. The van der Waals surface area contributed by atoms with E-state index in [4.69, 9.17) is 5.73 Å². The Hall–Kier alpha value is -2.25. The lowest BCUT2D eigenvalue weighted by atomic mass is 9.47. The molecule has 2 aliphatic heterocycles. The molecule has 7 nitrogen and oxygen atoms in total. The van der Waals surface area contributed by atoms with Gasteiger partial charge in [-0.15, -0.1) is 0 Å². The van der Waals surface area contributed by atoms with E-state index in [-0.39, 0.29) is 24.1 Å². The van der Waals surface area contributed by atoms with Crippen LogP contribution in [0.4, 0.5) is 0 Å². The molecule has 5 rings (SSSR count). The van der Waals surface area contributed by atoms with Gasteiger partial charge in [-0.2, -0.15) is 0 Å². The first-order chi connectivity index (χ1) is 14.0. The molecule has 3 fully saturated rings. The summed E-state index contributed by atoms with van der Waals surface area (Å²) in [6.45, 7) is 1.93. The van der Waals surface area contributed by atoms with Crippen molar-refractivity contribution in [1.82, 2.24) is 15.5 Å². The number of piperidine rings is 1. The molecule has 1 aromatic rings. The van der Waals surface area contributed by atoms with Crippen molar-refractivity contribution in [2.45, 2.75) is 63.7 Å². The summed E-state index contributed by atoms with van der Waals surface area (Å²) in [4.78, 5) is 38.3. The second kappa shape index (κ2) is 6.92. The number of carbonyl (C=O) groups excluding carboxylic acids is 3. The summed E-state index contributed by atoms with van der Waals surface area (Å²) in [7, 11) is 0. The first kappa shape index (κ1) is 18.8. The largest absolute Gasteiger partial charge is 0.330 e. The Morgan fingerprint density at radius 3 is 2.76 bits per heavy atom. The number of nitrogens with zero attached hydrogens (tertiary/aromatic N) is 1. The maximum Gasteiger partial charge on any atom is 0.255 e. The number of nitrogens with two attached hydrogens (primary N) is 1. The van der Waals surface area contributed by atoms with Crippen molar-refractivity contribution >= 4 is 17.7 Å². The highest BCUT2D eigenvalue weighted by Crippen LogP contribution is 2.59. The smallest absolute Gasteiger partial charge is 0.255 e. The molecule has 0 aromatic heterocycles. The van der Waals surface area contributed by atoms with E-state index < -0.39 is 6.04 Å². The molecule has 2 saturated carbocycles. The highest BCUT2D eigenvalue weighted by atomic mass is 16.2. The van der Waals surface area contributed by atoms with Gasteiger partial charge in [0, 0.05) is 31.1 Å². The highest BCUT2D eigenvalue weighted by Gasteiger charge is 2.56. The van der Waals surface area contributed by atoms with Crippen LogP contribution in [0.1, 0.15) is 60.0 Å². The van der Waals surface area contributed by atoms with E-state index in [0.717, 1.165) is 30.6 Å². The van der Waals surface area contributed by atoms with Gasteiger partial charge in [-0.3, -0.25) is 19.7 Å². The van der Waals surface area contributed by atoms with Crippen LogP contribution in [0.5, 0.6) is 0 Å². The zero-order chi connectivity index (χ0) is 20.2. The van der Waals surface area contributed by atoms with Gasteiger partial charge < -0.3 is 16.0 Å². The Morgan fingerprint density at radius 2 is 2.07 bits per heavy atom. The fourth-order valence-electron chi connectivity index (χ4n) is 5.89. The highest BCUT2D eigenvalue weighted by molar-refractivity contribution is 6.05. The number of hydrogen-bond acceptors (Lipinski definition) is 5. The van der Waals surface area contributed by atoms with Crippen LogP contribution in [0.25, 0.3) is 0 Å². The number of hydrogen-bond donors (Lipinski definition) is 3. The van der Waals surface area contributed by atoms with E-state index in [9.17, 15) is 14.4 Å². The van der Waals surface area contributed by atoms with Crippen molar-refractivity contribution in [3.8, 4) is 0 Å². The first-order valence-electron chi connectivity index (χ1n) is 10.7. The molecule has 2 aliphatic carbocycles. The minimum absolute atomic E-state index is 0.112. The maximum absolute atomic E-state index is 12.9. The molecular formula is C22H28N4O3. The zero-order valence-corrected chi connectivity index (χ0v) is 16.6. The summed E-state index contributed by atoms with van der Waals surface area (Å²) in [5, 5.41) is 6.10. The van der Waals surface area contributed by atoms with E-state index >= 15 is 0 Å². The van der Waals surface area contributed by atoms with E-state index in [1.165, 1.54) is 19.3 Å². The van der Waals surface area contributed by atoms with E-state index in [1.54, 1.807) is 4.90 Å². The molecule has 1 saturated heterocycles. The SMILES string of the molecule is NCC1CC(NCc2cccc3c2CN(C2CCC(=O)NC2=O)C3=O)C12CCC2. The molecule has 3 unspecified atom stereocenters. The molecule has 1 spiro atoms. The molecule has 0 bridgehead atoms. The number of amides is 3. The van der Waals surface area contributed by atoms with Crippen molar-refractivity contribution in [1.29, 1.82) is 0 Å². The first-order valence-corrected chi connectivity index (χ1v) is 10.7. The summed E-state index contributed by atoms with van der Waals surface area (Å²) < 4.78 is 0. The second-order valence-corrected chi connectivity index (χ2v) is 9.03. The predicted molar refractivity (Wildman–Crippen MR) is 107 cm³/mol. The number of carbonyl (C=O) groups is 3. The van der Waals surface area contributed by atoms with Crippen LogP contribution in [0.15, 0.2) is 18.2 Å². The Balaban J connectivity index is 1.30. The Kier molecular flexibility index (Phi) is 4.47. The molecule has 1 aromatic carbocycles. The average molecular weight is 396 g/mol. The quantitative estimate of drug-likeness (QED) is 0.646. The molecule has 0 radical (unpaired) electrons. The van der Waals surface area contributed by atoms with Crippen molar-refractivity contribution in [3.63, 3.8) is 0 Å². The minimum atomic E-state index is -0.566. The molecule has 3 amide bonds. The van der Waals surface area contributed by atoms with Crippen LogP contribution in [0, 0.1) is 11.3 Å². The third-order valence-corrected chi connectivity index (χ3v) is 7.81. The average Bonchev–Trinajstić information content (AvgIpc) is 2.97. The van der Waals surface area contributed by atoms with Crippen LogP contribution in [-0.4, -0.2) is 41.2 Å². The van der Waals surface area contributed by atoms with E-state index in [2.05, 4.69) is 16.7 Å². The molecule has 154 valence electrons. The van der Waals surface area contributed by atoms with Crippen LogP contribution < -0.4 is 16.4 Å². The third-order valence-electron chi connectivity index (χ3n) is 7.81. The molecule has 3 atom stereocenters. The van der Waals surface area contributed by atoms with E-state index in [1.807, 2.05) is 12.1 Å². The van der Waals surface area contributed by atoms with Gasteiger partial charge in [0.1, 0.15) is 6.04 Å². The van der Waals surface area contributed by atoms with Crippen molar-refractivity contribution in [2.75, 3.05) is 6.54 Å². The fourth-order valence-corrected chi connectivity index (χ4v) is 5.89. The zero-order valence-electron chi connectivity index (χ0n) is 16.6. The number of imide groups is 1. The Bertz CT molecular complexity index is 879. The lowest BCUT2D eigenvalue weighted by Crippen LogP contribution is -2.64. The Morgan fingerprint density at radius 1 is 1.24 bits per heavy atom. The van der Waals surface area contributed by atoms with Gasteiger partial charge in [0.05, 0.1) is 0 Å². The number of nitrogens with one attached hydrogen (secondary N) is 2. The lowest BCUT2D eigenvalue weighted by molar-refractivity contribution is -0.136. The van der Waals surface area contributed by atoms with Gasteiger partial charge in [0.2, 0.25) is 11.8 Å². The summed E-state index contributed by atoms with van der Waals surface area (Å²) >= 11 is 0. The lowest BCUT2D eigenvalue weighted by Gasteiger charge is -2.62. The molecule has 7 heteroatoms. The number of rotatable bonds is 5. The van der Waals surface area contributed by atoms with Crippen molar-refractivity contribution in [2.24, 2.45) is 17.1 Å². The van der Waals surface area contributed by atoms with Crippen LogP contribution in [-0.2, 0) is 22.7 Å². The molecule has 4 aliphatic rings. The van der Waals surface area contributed by atoms with Gasteiger partial charge in [-0.05, 0) is 60.8 Å². The van der Waals surface area contributed by atoms with Crippen LogP contribution in [0.3, 0.4) is 0 Å². The van der Waals surface area contributed by atoms with Gasteiger partial charge in [-0.25, -0.2) is 0 Å². The minimum Gasteiger partial charge on any atom is -0.330 e. The second-order valence-electron chi connectivity index (χ2n) is 9.03. The molecule has 29 heavy (non-hydrogen) atoms. The topological polar surface area (TPSA) is 105 Å². The van der Waals surface area contributed by atoms with Gasteiger partial charge in [-0.1, -0.05) is 18.6 Å². The van der Waals surface area contributed by atoms with Crippen LogP contribution in [0.2, 0.25) is 0 Å². The van der Waals surface area contributed by atoms with Crippen molar-refractivity contribution < 1.29 is 14.4 Å². The summed E-state index contributed by atoms with van der Waals surface area (Å²) in [5.41, 5.74) is 9.16. The van der Waals surface area contributed by atoms with Crippen LogP contribution >= 0.6 is 0 Å². The van der Waals surface area contributed by atoms with Gasteiger partial charge in [0.15, 0.2) is 0 Å². The standard InChI is InChI=1S/C22H28N4O3/c23-10-14-9-18(22(14)7-2-8-22)24-11-13-3-1-4-15-16(13)12-26(21(15)29)17-5-6-19(27)25-20(17)28/h1,3-4,14,17-18,24H,2,5-12,23H2,(H,25,27,28). The van der Waals surface area contributed by atoms with E-state index in [0.29, 0.717) is 35.9 Å². The monoisotopic (exact) mass is 396 g/mol. The number of fused-ring (bicyclic) bond motifs is 1. The summed E-state index contributed by atoms with van der Waals surface area (Å²) in [5.74, 6) is -0.101. The maximum atomic E-state index is 12.9. The fraction of sp³-hybridized carbons (Fsp3) is 0.591. The summed E-state index contributed by atoms with van der Waals surface area (Å²) in [6, 6.07) is 5.77. The molecule has 4 N–H and O–H groups in total. The van der Waals surface area contributed by atoms with Gasteiger partial charge in [0.25, 0.3) is 5.91 Å². The van der Waals surface area contributed by atoms with Crippen molar-refractivity contribution in [3.05, 3.63) is 34.9 Å². The molecular weight excluding hydrogens is 368 g/mol. The van der Waals surface area contributed by atoms with Gasteiger partial charge >= 0.3 is 0 Å². The Labute approximate surface area is 170 Å². The summed E-state index contributed by atoms with van der Waals surface area (Å²) in [6.07, 6.45) is 5.63. The predicted octanol–water partition coefficient (Wildman–Crippen LogP) is 1.05. The normalized spacial score (nSPS) is 30.0. The number of benzene rings is 1.